The van der Waals surface area contributed by atoms with E-state index in [0.29, 0.717) is 87.1 Å². The largest absolute Gasteiger partial charge is 1.00 e. The number of hydrogen-bond donors (Lipinski definition) is 2. The van der Waals surface area contributed by atoms with Crippen LogP contribution < -0.4 is 21.9 Å². The zero-order valence-electron chi connectivity index (χ0n) is 61.6. The van der Waals surface area contributed by atoms with Gasteiger partial charge in [0.15, 0.2) is 6.10 Å². The van der Waals surface area contributed by atoms with E-state index in [-0.39, 0.29) is 87.2 Å². The molecule has 13 rings (SSSR count). The van der Waals surface area contributed by atoms with E-state index < -0.39 is 21.6 Å². The number of aromatic nitrogens is 3. The topological polar surface area (TPSA) is 259 Å². The molecule has 22 nitrogen and oxygen atoms in total. The number of aliphatic hydroxyl groups excluding tert-OH is 1. The Morgan fingerprint density at radius 2 is 1.48 bits per heavy atom. The molecule has 2 N–H and O–H groups in total. The molecule has 0 bridgehead atoms. The van der Waals surface area contributed by atoms with Crippen molar-refractivity contribution in [2.45, 2.75) is 172 Å². The van der Waals surface area contributed by atoms with Crippen LogP contribution in [0.25, 0.3) is 5.69 Å². The van der Waals surface area contributed by atoms with Gasteiger partial charge in [0.05, 0.1) is 88.7 Å². The third-order valence-corrected chi connectivity index (χ3v) is 25.3. The minimum Gasteiger partial charge on any atom is -1.00 e. The van der Waals surface area contributed by atoms with Crippen LogP contribution in [0.3, 0.4) is 0 Å². The molecule has 4 aliphatic heterocycles. The van der Waals surface area contributed by atoms with Gasteiger partial charge in [-0.2, -0.15) is 8.42 Å². The van der Waals surface area contributed by atoms with Crippen LogP contribution in [0, 0.1) is 41.4 Å². The fourth-order valence-corrected chi connectivity index (χ4v) is 19.8. The lowest BCUT2D eigenvalue weighted by molar-refractivity contribution is -0.937. The highest BCUT2D eigenvalue weighted by atomic mass is 79.9. The number of imidazole rings is 1. The zero-order chi connectivity index (χ0) is 73.9. The number of para-hydroxylation sites is 1. The SMILES string of the molecule is C=CC[N+]1([C@H]2C[C@H]3[C@@H]4CC[C@H]5C[C@H](O)[C@@H](N6CCOCC6)C[C@]5(C)[C@H]4CC[C@]3(C)[C@H]2OC(C)=O)CCCC1.CCC(=O)N(c1ccccc1)C1(C(=O)OC)CCN(CCC(=O)OC)CC1.COC(=O)CC[C@@H]1N=C(c2ccccn2)c2cc(Br)ccc2-n2c(C)cnc21.O=S(=O)(O)c1ccccc1.[Br-]. The van der Waals surface area contributed by atoms with Gasteiger partial charge in [0.2, 0.25) is 5.91 Å². The molecular formula is C79H106Br2N8O14S. The van der Waals surface area contributed by atoms with Crippen molar-refractivity contribution in [1.82, 2.24) is 24.3 Å². The first kappa shape index (κ1) is 81.5. The second-order valence-corrected chi connectivity index (χ2v) is 31.9. The van der Waals surface area contributed by atoms with Crippen molar-refractivity contribution in [3.05, 3.63) is 149 Å². The summed E-state index contributed by atoms with van der Waals surface area (Å²) in [4.78, 5) is 81.6. The molecule has 8 aliphatic rings. The highest BCUT2D eigenvalue weighted by molar-refractivity contribution is 9.10. The number of fused-ring (bicyclic) bond motifs is 8. The summed E-state index contributed by atoms with van der Waals surface area (Å²) in [5.41, 5.74) is 4.55. The van der Waals surface area contributed by atoms with E-state index in [9.17, 15) is 37.5 Å². The number of amides is 1. The number of pyridine rings is 1. The van der Waals surface area contributed by atoms with E-state index in [1.807, 2.05) is 67.7 Å². The van der Waals surface area contributed by atoms with E-state index in [1.54, 1.807) is 43.1 Å². The monoisotopic (exact) mass is 1580 g/mol. The number of aliphatic hydroxyl groups is 1. The number of carbonyl (C=O) groups excluding carboxylic acids is 5. The molecular weight excluding hydrogens is 1480 g/mol. The van der Waals surface area contributed by atoms with Crippen LogP contribution in [0.15, 0.2) is 136 Å². The zero-order valence-corrected chi connectivity index (χ0v) is 65.6. The number of ether oxygens (including phenoxy) is 5. The number of nitrogens with zero attached hydrogens (tertiary/aromatic N) is 8. The van der Waals surface area contributed by atoms with E-state index in [0.717, 1.165) is 95.2 Å². The lowest BCUT2D eigenvalue weighted by atomic mass is 9.44. The second-order valence-electron chi connectivity index (χ2n) is 29.6. The van der Waals surface area contributed by atoms with Gasteiger partial charge in [-0.15, -0.1) is 0 Å². The molecule has 2 aromatic heterocycles. The highest BCUT2D eigenvalue weighted by Gasteiger charge is 2.68. The van der Waals surface area contributed by atoms with Gasteiger partial charge in [0.25, 0.3) is 10.1 Å². The second kappa shape index (κ2) is 35.9. The third kappa shape index (κ3) is 17.8. The lowest BCUT2D eigenvalue weighted by Gasteiger charge is -2.62. The Morgan fingerprint density at radius 3 is 2.09 bits per heavy atom. The molecule has 6 heterocycles. The quantitative estimate of drug-likeness (QED) is 0.0290. The maximum absolute atomic E-state index is 12.8. The fraction of sp³-hybridized carbons (Fsp3) is 0.570. The Morgan fingerprint density at radius 1 is 0.817 bits per heavy atom. The highest BCUT2D eigenvalue weighted by Crippen LogP contribution is 2.68. The number of carbonyl (C=O) groups is 5. The molecule has 25 heteroatoms. The van der Waals surface area contributed by atoms with Crippen molar-refractivity contribution in [2.75, 3.05) is 91.8 Å². The minimum absolute atomic E-state index is 0. The standard InChI is InChI=1S/C32H53N2O4.C21H19BrN4O2.C20H28N2O5.C6H6O3S.BrH/c1-5-14-34(15-6-7-16-34)28-20-26-24-9-8-23-19-29(36)27(33-12-17-37-18-13-33)21-32(23,4)25(24)10-11-31(26,3)30(28)38-22(2)35;1-13-12-24-21-17(7-9-19(27)28-2)25-20(16-5-3-4-10-23-16)15-11-14(22)6-8-18(15)26(13)21;1-4-17(23)22(16-8-6-5-7-9-16)20(19(25)27-3)11-14-21(15-12-20)13-10-18(24)26-2;7-10(8,9)6-4-2-1-3-5-6;/h5,23-30,36H,1,6-21H2,2-4H3;3-6,8,10-12,17H,7,9H2,1-2H3;5-9H,4,10-15H2,1-3H3;1-5H,(H,7,8,9);1H/q+1;;;;/p-1/t23-,24+,25-,26-,27-,28-,29-,30-,31-,32-;17-;;;/m00.../s1. The number of aliphatic imine (C=N–C) groups is 1. The summed E-state index contributed by atoms with van der Waals surface area (Å²) < 4.78 is 60.0. The Hall–Kier alpha value is -6.55. The van der Waals surface area contributed by atoms with Crippen molar-refractivity contribution in [3.63, 3.8) is 0 Å². The van der Waals surface area contributed by atoms with Gasteiger partial charge in [-0.1, -0.05) is 85.7 Å². The number of esters is 4. The fourth-order valence-electron chi connectivity index (χ4n) is 18.9. The Bertz CT molecular complexity index is 3890. The van der Waals surface area contributed by atoms with E-state index in [4.69, 9.17) is 28.5 Å². The summed E-state index contributed by atoms with van der Waals surface area (Å²) in [6.45, 7) is 23.3. The molecule has 7 fully saturated rings. The first-order chi connectivity index (χ1) is 49.4. The molecule has 4 saturated carbocycles. The molecule has 4 aliphatic carbocycles. The van der Waals surface area contributed by atoms with Gasteiger partial charge in [0, 0.05) is 117 Å². The van der Waals surface area contributed by atoms with Crippen molar-refractivity contribution in [2.24, 2.45) is 39.5 Å². The summed E-state index contributed by atoms with van der Waals surface area (Å²) in [5.74, 6) is 2.32. The summed E-state index contributed by atoms with van der Waals surface area (Å²) in [6, 6.07) is 28.9. The molecule has 104 heavy (non-hydrogen) atoms. The number of piperidine rings is 1. The van der Waals surface area contributed by atoms with Crippen LogP contribution in [0.1, 0.15) is 153 Å². The number of aryl methyl sites for hydroxylation is 1. The van der Waals surface area contributed by atoms with Crippen LogP contribution in [-0.4, -0.2) is 199 Å². The predicted octanol–water partition coefficient (Wildman–Crippen LogP) is 8.53. The van der Waals surface area contributed by atoms with Gasteiger partial charge in [-0.3, -0.25) is 48.1 Å². The number of hydrogen-bond acceptors (Lipinski definition) is 18. The Labute approximate surface area is 632 Å². The van der Waals surface area contributed by atoms with Crippen LogP contribution in [0.4, 0.5) is 5.69 Å². The molecule has 11 atom stereocenters. The van der Waals surface area contributed by atoms with Gasteiger partial charge >= 0.3 is 23.9 Å². The molecule has 0 radical (unpaired) electrons. The van der Waals surface area contributed by atoms with Crippen molar-refractivity contribution in [3.8, 4) is 5.69 Å². The van der Waals surface area contributed by atoms with Gasteiger partial charge in [-0.25, -0.2) is 9.78 Å². The lowest BCUT2D eigenvalue weighted by Crippen LogP contribution is -3.00. The summed E-state index contributed by atoms with van der Waals surface area (Å²) in [7, 11) is 0.121. The van der Waals surface area contributed by atoms with Crippen LogP contribution >= 0.6 is 15.9 Å². The number of quaternary nitrogens is 1. The van der Waals surface area contributed by atoms with Crippen LogP contribution in [-0.2, 0) is 57.8 Å². The van der Waals surface area contributed by atoms with Crippen LogP contribution in [0.2, 0.25) is 0 Å². The summed E-state index contributed by atoms with van der Waals surface area (Å²) in [5, 5.41) is 11.3. The first-order valence-electron chi connectivity index (χ1n) is 36.7. The molecule has 3 aromatic carbocycles. The smallest absolute Gasteiger partial charge is 0.332 e. The maximum atomic E-state index is 12.8. The van der Waals surface area contributed by atoms with Gasteiger partial charge < -0.3 is 55.2 Å². The number of rotatable bonds is 17. The average molecular weight is 1580 g/mol. The number of anilines is 1. The van der Waals surface area contributed by atoms with Crippen molar-refractivity contribution >= 4 is 67.2 Å². The molecule has 0 spiro atoms. The summed E-state index contributed by atoms with van der Waals surface area (Å²) in [6.07, 6.45) is 18.5. The van der Waals surface area contributed by atoms with E-state index >= 15 is 0 Å². The molecule has 5 aromatic rings. The van der Waals surface area contributed by atoms with Crippen LogP contribution in [0.5, 0.6) is 0 Å². The molecule has 1 amide bonds. The minimum atomic E-state index is -4.00. The Balaban J connectivity index is 0.000000171. The van der Waals surface area contributed by atoms with E-state index in [2.05, 4.69) is 83.6 Å². The van der Waals surface area contributed by atoms with E-state index in [1.165, 1.54) is 85.1 Å². The normalized spacial score (nSPS) is 27.2. The molecule has 566 valence electrons. The summed E-state index contributed by atoms with van der Waals surface area (Å²) >= 11 is 3.58. The number of halogens is 2. The first-order valence-corrected chi connectivity index (χ1v) is 38.9. The van der Waals surface area contributed by atoms with Gasteiger partial charge in [0.1, 0.15) is 23.4 Å². The van der Waals surface area contributed by atoms with Gasteiger partial charge in [-0.05, 0) is 154 Å². The average Bonchev–Trinajstić information content (AvgIpc) is 1.51. The third-order valence-electron chi connectivity index (χ3n) is 24.0. The number of likely N-dealkylation sites (tertiary alicyclic amines) is 2. The predicted molar refractivity (Wildman–Crippen MR) is 396 cm³/mol. The van der Waals surface area contributed by atoms with Crippen molar-refractivity contribution < 1.29 is 87.2 Å². The molecule has 3 saturated heterocycles. The maximum Gasteiger partial charge on any atom is 0.332 e. The van der Waals surface area contributed by atoms with Crippen molar-refractivity contribution in [1.29, 1.82) is 0 Å². The molecule has 0 unspecified atom stereocenters. The number of methoxy groups -OCH3 is 3. The number of benzene rings is 3. The Kier molecular flexibility index (Phi) is 28.1. The number of morpholine rings is 1.